The quantitative estimate of drug-likeness (QED) is 0.899. The Kier molecular flexibility index (Phi) is 4.81. The Bertz CT molecular complexity index is 829. The lowest BCUT2D eigenvalue weighted by molar-refractivity contribution is 0.0619. The third kappa shape index (κ3) is 3.62. The van der Waals surface area contributed by atoms with Crippen LogP contribution in [0.15, 0.2) is 36.4 Å². The Hall–Kier alpha value is -2.69. The third-order valence-electron chi connectivity index (χ3n) is 4.57. The normalized spacial score (nSPS) is 17.7. The lowest BCUT2D eigenvalue weighted by atomic mass is 9.88. The van der Waals surface area contributed by atoms with E-state index in [1.165, 1.54) is 0 Å². The SMILES string of the molecule is COc1ccc(C(=O)N[C@@H]2CC(C)(C)Oc3ccc(C)cc32)cc1OC. The Morgan fingerprint density at radius 1 is 1.12 bits per heavy atom. The number of hydrogen-bond acceptors (Lipinski definition) is 4. The molecule has 0 radical (unpaired) electrons. The zero-order valence-electron chi connectivity index (χ0n) is 15.9. The van der Waals surface area contributed by atoms with Crippen molar-refractivity contribution in [2.45, 2.75) is 38.8 Å². The van der Waals surface area contributed by atoms with Crippen molar-refractivity contribution in [3.05, 3.63) is 53.1 Å². The molecule has 26 heavy (non-hydrogen) atoms. The Morgan fingerprint density at radius 2 is 1.85 bits per heavy atom. The molecule has 1 atom stereocenters. The van der Waals surface area contributed by atoms with E-state index in [2.05, 4.69) is 11.4 Å². The van der Waals surface area contributed by atoms with Crippen molar-refractivity contribution < 1.29 is 19.0 Å². The number of hydrogen-bond donors (Lipinski definition) is 1. The van der Waals surface area contributed by atoms with Crippen molar-refractivity contribution in [1.82, 2.24) is 5.32 Å². The van der Waals surface area contributed by atoms with Crippen LogP contribution in [0.5, 0.6) is 17.2 Å². The molecule has 2 aromatic carbocycles. The second kappa shape index (κ2) is 6.90. The smallest absolute Gasteiger partial charge is 0.251 e. The number of rotatable bonds is 4. The molecule has 0 unspecified atom stereocenters. The summed E-state index contributed by atoms with van der Waals surface area (Å²) in [6, 6.07) is 11.1. The highest BCUT2D eigenvalue weighted by Gasteiger charge is 2.34. The second-order valence-electron chi connectivity index (χ2n) is 7.20. The average molecular weight is 355 g/mol. The minimum Gasteiger partial charge on any atom is -0.493 e. The summed E-state index contributed by atoms with van der Waals surface area (Å²) in [6.07, 6.45) is 0.697. The van der Waals surface area contributed by atoms with Crippen molar-refractivity contribution in [1.29, 1.82) is 0 Å². The predicted octanol–water partition coefficient (Wildman–Crippen LogP) is 4.04. The van der Waals surface area contributed by atoms with E-state index in [0.717, 1.165) is 16.9 Å². The molecule has 2 aromatic rings. The maximum Gasteiger partial charge on any atom is 0.251 e. The van der Waals surface area contributed by atoms with Gasteiger partial charge in [-0.25, -0.2) is 0 Å². The molecular weight excluding hydrogens is 330 g/mol. The van der Waals surface area contributed by atoms with Crippen molar-refractivity contribution in [2.75, 3.05) is 14.2 Å². The summed E-state index contributed by atoms with van der Waals surface area (Å²) in [5, 5.41) is 3.15. The number of benzene rings is 2. The van der Waals surface area contributed by atoms with E-state index in [4.69, 9.17) is 14.2 Å². The molecule has 0 aromatic heterocycles. The Morgan fingerprint density at radius 3 is 2.54 bits per heavy atom. The molecule has 0 spiro atoms. The fourth-order valence-electron chi connectivity index (χ4n) is 3.32. The van der Waals surface area contributed by atoms with Crippen LogP contribution in [0.3, 0.4) is 0 Å². The van der Waals surface area contributed by atoms with Gasteiger partial charge in [0.1, 0.15) is 11.4 Å². The van der Waals surface area contributed by atoms with Gasteiger partial charge in [-0.1, -0.05) is 17.7 Å². The molecule has 3 rings (SSSR count). The van der Waals surface area contributed by atoms with Crippen LogP contribution in [0, 0.1) is 6.92 Å². The molecule has 0 bridgehead atoms. The van der Waals surface area contributed by atoms with Gasteiger partial charge in [0.2, 0.25) is 0 Å². The van der Waals surface area contributed by atoms with E-state index in [0.29, 0.717) is 23.5 Å². The molecule has 0 saturated carbocycles. The maximum absolute atomic E-state index is 12.8. The Balaban J connectivity index is 1.88. The summed E-state index contributed by atoms with van der Waals surface area (Å²) in [7, 11) is 3.13. The van der Waals surface area contributed by atoms with Crippen LogP contribution in [-0.2, 0) is 0 Å². The van der Waals surface area contributed by atoms with Crippen LogP contribution < -0.4 is 19.5 Å². The van der Waals surface area contributed by atoms with E-state index in [1.807, 2.05) is 32.9 Å². The lowest BCUT2D eigenvalue weighted by Crippen LogP contribution is -2.41. The van der Waals surface area contributed by atoms with Crippen LogP contribution in [0.25, 0.3) is 0 Å². The second-order valence-corrected chi connectivity index (χ2v) is 7.20. The summed E-state index contributed by atoms with van der Waals surface area (Å²) < 4.78 is 16.6. The largest absolute Gasteiger partial charge is 0.493 e. The third-order valence-corrected chi connectivity index (χ3v) is 4.57. The van der Waals surface area contributed by atoms with E-state index in [-0.39, 0.29) is 17.6 Å². The van der Waals surface area contributed by atoms with Crippen LogP contribution >= 0.6 is 0 Å². The summed E-state index contributed by atoms with van der Waals surface area (Å²) in [4.78, 5) is 12.8. The van der Waals surface area contributed by atoms with Crippen LogP contribution in [0.2, 0.25) is 0 Å². The first-order valence-electron chi connectivity index (χ1n) is 8.65. The summed E-state index contributed by atoms with van der Waals surface area (Å²) in [6.45, 7) is 6.10. The molecule has 5 heteroatoms. The highest BCUT2D eigenvalue weighted by Crippen LogP contribution is 2.40. The van der Waals surface area contributed by atoms with Crippen LogP contribution in [0.1, 0.15) is 47.8 Å². The van der Waals surface area contributed by atoms with E-state index < -0.39 is 0 Å². The molecule has 1 aliphatic rings. The molecule has 138 valence electrons. The zero-order chi connectivity index (χ0) is 18.9. The van der Waals surface area contributed by atoms with Gasteiger partial charge in [0, 0.05) is 17.5 Å². The van der Waals surface area contributed by atoms with Gasteiger partial charge in [0.25, 0.3) is 5.91 Å². The topological polar surface area (TPSA) is 56.8 Å². The van der Waals surface area contributed by atoms with Gasteiger partial charge in [-0.2, -0.15) is 0 Å². The fourth-order valence-corrected chi connectivity index (χ4v) is 3.32. The predicted molar refractivity (Wildman–Crippen MR) is 100 cm³/mol. The number of fused-ring (bicyclic) bond motifs is 1. The number of amides is 1. The van der Waals surface area contributed by atoms with Gasteiger partial charge in [-0.05, 0) is 45.0 Å². The van der Waals surface area contributed by atoms with Gasteiger partial charge in [-0.3, -0.25) is 4.79 Å². The van der Waals surface area contributed by atoms with Crippen LogP contribution in [0.4, 0.5) is 0 Å². The fraction of sp³-hybridized carbons (Fsp3) is 0.381. The first-order chi connectivity index (χ1) is 12.3. The number of ether oxygens (including phenoxy) is 3. The molecule has 1 amide bonds. The molecule has 5 nitrogen and oxygen atoms in total. The van der Waals surface area contributed by atoms with E-state index in [1.54, 1.807) is 32.4 Å². The highest BCUT2D eigenvalue weighted by atomic mass is 16.5. The van der Waals surface area contributed by atoms with E-state index >= 15 is 0 Å². The van der Waals surface area contributed by atoms with Crippen molar-refractivity contribution in [3.8, 4) is 17.2 Å². The number of methoxy groups -OCH3 is 2. The summed E-state index contributed by atoms with van der Waals surface area (Å²) in [5.41, 5.74) is 2.33. The van der Waals surface area contributed by atoms with Crippen molar-refractivity contribution >= 4 is 5.91 Å². The number of carbonyl (C=O) groups is 1. The summed E-state index contributed by atoms with van der Waals surface area (Å²) >= 11 is 0. The first-order valence-corrected chi connectivity index (χ1v) is 8.65. The van der Waals surface area contributed by atoms with Gasteiger partial charge >= 0.3 is 0 Å². The molecule has 0 aliphatic carbocycles. The Labute approximate surface area is 154 Å². The van der Waals surface area contributed by atoms with Crippen molar-refractivity contribution in [3.63, 3.8) is 0 Å². The monoisotopic (exact) mass is 355 g/mol. The summed E-state index contributed by atoms with van der Waals surface area (Å²) in [5.74, 6) is 1.80. The molecular formula is C21H25NO4. The highest BCUT2D eigenvalue weighted by molar-refractivity contribution is 5.95. The maximum atomic E-state index is 12.8. The van der Waals surface area contributed by atoms with Gasteiger partial charge < -0.3 is 19.5 Å². The molecule has 0 fully saturated rings. The van der Waals surface area contributed by atoms with E-state index in [9.17, 15) is 4.79 Å². The molecule has 1 aliphatic heterocycles. The number of carbonyl (C=O) groups excluding carboxylic acids is 1. The number of aryl methyl sites for hydroxylation is 1. The average Bonchev–Trinajstić information content (AvgIpc) is 2.61. The minimum atomic E-state index is -0.349. The molecule has 1 heterocycles. The van der Waals surface area contributed by atoms with Gasteiger partial charge in [0.15, 0.2) is 11.5 Å². The van der Waals surface area contributed by atoms with Crippen LogP contribution in [-0.4, -0.2) is 25.7 Å². The van der Waals surface area contributed by atoms with Gasteiger partial charge in [-0.15, -0.1) is 0 Å². The molecule has 1 N–H and O–H groups in total. The lowest BCUT2D eigenvalue weighted by Gasteiger charge is -2.38. The van der Waals surface area contributed by atoms with Gasteiger partial charge in [0.05, 0.1) is 20.3 Å². The number of nitrogens with one attached hydrogen (secondary N) is 1. The molecule has 0 saturated heterocycles. The minimum absolute atomic E-state index is 0.116. The standard InChI is InChI=1S/C21H25NO4/c1-13-6-8-17-15(10-13)16(12-21(2,3)26-17)22-20(23)14-7-9-18(24-4)19(11-14)25-5/h6-11,16H,12H2,1-5H3,(H,22,23)/t16-/m1/s1. The zero-order valence-corrected chi connectivity index (χ0v) is 15.9. The first kappa shape index (κ1) is 18.1. The van der Waals surface area contributed by atoms with Crippen molar-refractivity contribution in [2.24, 2.45) is 0 Å².